The van der Waals surface area contributed by atoms with E-state index in [0.717, 1.165) is 0 Å². The average Bonchev–Trinajstić information content (AvgIpc) is 3.05. The van der Waals surface area contributed by atoms with Crippen LogP contribution in [0.15, 0.2) is 23.4 Å². The number of carboxylic acid groups (broad SMARTS) is 1. The lowest BCUT2D eigenvalue weighted by Crippen LogP contribution is -2.37. The van der Waals surface area contributed by atoms with E-state index in [1.165, 1.54) is 29.9 Å². The van der Waals surface area contributed by atoms with E-state index in [1.807, 2.05) is 0 Å². The van der Waals surface area contributed by atoms with Gasteiger partial charge in [-0.3, -0.25) is 9.78 Å². The zero-order chi connectivity index (χ0) is 15.2. The van der Waals surface area contributed by atoms with Crippen LogP contribution in [0.5, 0.6) is 5.75 Å². The number of pyridine rings is 1. The van der Waals surface area contributed by atoms with Crippen molar-refractivity contribution in [3.8, 4) is 5.75 Å². The Morgan fingerprint density at radius 2 is 2.19 bits per heavy atom. The third-order valence-electron chi connectivity index (χ3n) is 4.29. The number of carboxylic acids is 1. The van der Waals surface area contributed by atoms with Gasteiger partial charge in [-0.05, 0) is 19.3 Å². The van der Waals surface area contributed by atoms with Crippen molar-refractivity contribution in [1.82, 2.24) is 9.29 Å². The number of methoxy groups -OCH3 is 1. The summed E-state index contributed by atoms with van der Waals surface area (Å²) in [5, 5.41) is 9.22. The summed E-state index contributed by atoms with van der Waals surface area (Å²) in [6, 6.07) is 0.728. The fourth-order valence-corrected chi connectivity index (χ4v) is 5.25. The van der Waals surface area contributed by atoms with Crippen molar-refractivity contribution in [2.45, 2.75) is 36.2 Å². The first-order chi connectivity index (χ1) is 9.95. The van der Waals surface area contributed by atoms with Gasteiger partial charge in [-0.2, -0.15) is 4.31 Å². The van der Waals surface area contributed by atoms with Gasteiger partial charge in [-0.15, -0.1) is 0 Å². The zero-order valence-corrected chi connectivity index (χ0v) is 12.3. The molecule has 1 aromatic rings. The van der Waals surface area contributed by atoms with Gasteiger partial charge in [0.15, 0.2) is 0 Å². The van der Waals surface area contributed by atoms with Crippen LogP contribution in [-0.4, -0.2) is 48.0 Å². The Labute approximate surface area is 122 Å². The molecule has 1 N–H and O–H groups in total. The first-order valence-corrected chi connectivity index (χ1v) is 8.14. The van der Waals surface area contributed by atoms with E-state index >= 15 is 0 Å². The Hall–Kier alpha value is -1.67. The average molecular weight is 312 g/mol. The minimum Gasteiger partial charge on any atom is -0.495 e. The Morgan fingerprint density at radius 1 is 1.43 bits per heavy atom. The van der Waals surface area contributed by atoms with E-state index < -0.39 is 28.0 Å². The summed E-state index contributed by atoms with van der Waals surface area (Å²) in [5.41, 5.74) is 0. The van der Waals surface area contributed by atoms with Crippen molar-refractivity contribution in [2.75, 3.05) is 7.11 Å². The zero-order valence-electron chi connectivity index (χ0n) is 11.5. The Kier molecular flexibility index (Phi) is 3.37. The highest BCUT2D eigenvalue weighted by atomic mass is 32.2. The summed E-state index contributed by atoms with van der Waals surface area (Å²) in [7, 11) is -2.31. The van der Waals surface area contributed by atoms with Crippen LogP contribution in [0, 0.1) is 5.92 Å². The van der Waals surface area contributed by atoms with E-state index in [2.05, 4.69) is 4.98 Å². The number of fused-ring (bicyclic) bond motifs is 2. The predicted molar refractivity (Wildman–Crippen MR) is 72.4 cm³/mol. The van der Waals surface area contributed by atoms with E-state index in [9.17, 15) is 18.3 Å². The van der Waals surface area contributed by atoms with Crippen molar-refractivity contribution in [1.29, 1.82) is 0 Å². The van der Waals surface area contributed by atoms with E-state index in [1.54, 1.807) is 0 Å². The molecule has 0 spiro atoms. The normalized spacial score (nSPS) is 28.7. The number of nitrogens with zero attached hydrogens (tertiary/aromatic N) is 2. The second-order valence-corrected chi connectivity index (χ2v) is 7.22. The number of aliphatic carboxylic acids is 1. The summed E-state index contributed by atoms with van der Waals surface area (Å²) < 4.78 is 31.9. The molecule has 2 saturated heterocycles. The third-order valence-corrected chi connectivity index (χ3v) is 6.23. The lowest BCUT2D eigenvalue weighted by atomic mass is 9.89. The summed E-state index contributed by atoms with van der Waals surface area (Å²) in [4.78, 5) is 15.2. The Balaban J connectivity index is 1.97. The van der Waals surface area contributed by atoms with Gasteiger partial charge in [0, 0.05) is 24.3 Å². The lowest BCUT2D eigenvalue weighted by Gasteiger charge is -2.22. The van der Waals surface area contributed by atoms with Gasteiger partial charge in [0.1, 0.15) is 10.6 Å². The summed E-state index contributed by atoms with van der Waals surface area (Å²) in [5.74, 6) is -1.18. The minimum atomic E-state index is -3.75. The maximum absolute atomic E-state index is 12.8. The molecule has 1 aromatic heterocycles. The largest absolute Gasteiger partial charge is 0.495 e. The summed E-state index contributed by atoms with van der Waals surface area (Å²) in [6.07, 6.45) is 4.39. The molecule has 2 aliphatic heterocycles. The summed E-state index contributed by atoms with van der Waals surface area (Å²) >= 11 is 0. The second kappa shape index (κ2) is 4.96. The standard InChI is InChI=1S/C13H16N2O5S/c1-20-9-5-10(7-14-6-9)21(18,19)15-8-2-3-12(15)11(4-8)13(16)17/h5-8,11-12H,2-4H2,1H3,(H,16,17). The molecule has 7 nitrogen and oxygen atoms in total. The first kappa shape index (κ1) is 14.3. The second-order valence-electron chi connectivity index (χ2n) is 5.37. The molecule has 2 aliphatic rings. The van der Waals surface area contributed by atoms with Gasteiger partial charge in [0.05, 0.1) is 19.2 Å². The quantitative estimate of drug-likeness (QED) is 0.880. The fraction of sp³-hybridized carbons (Fsp3) is 0.538. The highest BCUT2D eigenvalue weighted by molar-refractivity contribution is 7.89. The van der Waals surface area contributed by atoms with Gasteiger partial charge < -0.3 is 9.84 Å². The molecule has 3 rings (SSSR count). The van der Waals surface area contributed by atoms with Crippen molar-refractivity contribution >= 4 is 16.0 Å². The topological polar surface area (TPSA) is 96.8 Å². The molecular formula is C13H16N2O5S. The highest BCUT2D eigenvalue weighted by Gasteiger charge is 2.54. The number of carbonyl (C=O) groups is 1. The number of rotatable bonds is 4. The van der Waals surface area contributed by atoms with Gasteiger partial charge in [-0.1, -0.05) is 0 Å². The van der Waals surface area contributed by atoms with E-state index in [0.29, 0.717) is 25.0 Å². The first-order valence-electron chi connectivity index (χ1n) is 6.70. The molecule has 2 bridgehead atoms. The van der Waals surface area contributed by atoms with Crippen LogP contribution in [0.2, 0.25) is 0 Å². The number of aromatic nitrogens is 1. The molecule has 114 valence electrons. The molecule has 3 unspecified atom stereocenters. The SMILES string of the molecule is COc1cncc(S(=O)(=O)N2C3CCC2C(C(=O)O)C3)c1. The van der Waals surface area contributed by atoms with Gasteiger partial charge in [-0.25, -0.2) is 8.42 Å². The molecule has 0 radical (unpaired) electrons. The molecule has 8 heteroatoms. The smallest absolute Gasteiger partial charge is 0.308 e. The number of ether oxygens (including phenoxy) is 1. The third kappa shape index (κ3) is 2.18. The molecule has 0 aromatic carbocycles. The number of hydrogen-bond acceptors (Lipinski definition) is 5. The van der Waals surface area contributed by atoms with E-state index in [4.69, 9.17) is 4.74 Å². The van der Waals surface area contributed by atoms with Crippen LogP contribution >= 0.6 is 0 Å². The predicted octanol–water partition coefficient (Wildman–Crippen LogP) is 0.716. The lowest BCUT2D eigenvalue weighted by molar-refractivity contribution is -0.142. The minimum absolute atomic E-state index is 0.0461. The van der Waals surface area contributed by atoms with Crippen molar-refractivity contribution in [2.24, 2.45) is 5.92 Å². The van der Waals surface area contributed by atoms with Crippen LogP contribution < -0.4 is 4.74 Å². The highest BCUT2D eigenvalue weighted by Crippen LogP contribution is 2.45. The molecule has 21 heavy (non-hydrogen) atoms. The molecule has 3 heterocycles. The molecule has 0 amide bonds. The number of hydrogen-bond donors (Lipinski definition) is 1. The van der Waals surface area contributed by atoms with Crippen LogP contribution in [0.3, 0.4) is 0 Å². The molecular weight excluding hydrogens is 296 g/mol. The summed E-state index contributed by atoms with van der Waals surface area (Å²) in [6.45, 7) is 0. The van der Waals surface area contributed by atoms with Crippen LogP contribution in [0.25, 0.3) is 0 Å². The number of sulfonamides is 1. The van der Waals surface area contributed by atoms with Crippen LogP contribution in [-0.2, 0) is 14.8 Å². The molecule has 3 atom stereocenters. The molecule has 0 aliphatic carbocycles. The Morgan fingerprint density at radius 3 is 2.81 bits per heavy atom. The molecule has 0 saturated carbocycles. The molecule has 2 fully saturated rings. The Bertz CT molecular complexity index is 675. The maximum Gasteiger partial charge on any atom is 0.308 e. The van der Waals surface area contributed by atoms with Crippen molar-refractivity contribution in [3.05, 3.63) is 18.5 Å². The van der Waals surface area contributed by atoms with E-state index in [-0.39, 0.29) is 10.9 Å². The van der Waals surface area contributed by atoms with Gasteiger partial charge in [0.25, 0.3) is 0 Å². The fourth-order valence-electron chi connectivity index (χ4n) is 3.35. The van der Waals surface area contributed by atoms with Crippen molar-refractivity contribution < 1.29 is 23.1 Å². The van der Waals surface area contributed by atoms with Crippen LogP contribution in [0.4, 0.5) is 0 Å². The van der Waals surface area contributed by atoms with Gasteiger partial charge in [0.2, 0.25) is 10.0 Å². The van der Waals surface area contributed by atoms with Gasteiger partial charge >= 0.3 is 5.97 Å². The van der Waals surface area contributed by atoms with Crippen molar-refractivity contribution in [3.63, 3.8) is 0 Å². The monoisotopic (exact) mass is 312 g/mol. The van der Waals surface area contributed by atoms with Crippen LogP contribution in [0.1, 0.15) is 19.3 Å². The maximum atomic E-state index is 12.8.